The van der Waals surface area contributed by atoms with Crippen molar-refractivity contribution in [3.8, 4) is 5.88 Å². The first-order valence-electron chi connectivity index (χ1n) is 8.02. The maximum atomic E-state index is 13.8. The molecule has 0 saturated carbocycles. The molecule has 1 aromatic carbocycles. The first-order chi connectivity index (χ1) is 12.1. The number of nitrogens with zero attached hydrogens (tertiary/aromatic N) is 4. The zero-order valence-electron chi connectivity index (χ0n) is 13.8. The SMILES string of the molecule is CCOc1cc(N2CCN(C(=O)c3ccc(F)cc3F)CC2)ncn1. The maximum absolute atomic E-state index is 13.8. The van der Waals surface area contributed by atoms with E-state index in [0.29, 0.717) is 38.7 Å². The lowest BCUT2D eigenvalue weighted by Gasteiger charge is -2.35. The minimum absolute atomic E-state index is 0.115. The van der Waals surface area contributed by atoms with Crippen molar-refractivity contribution < 1.29 is 18.3 Å². The maximum Gasteiger partial charge on any atom is 0.256 e. The number of piperazine rings is 1. The Morgan fingerprint density at radius 1 is 1.16 bits per heavy atom. The smallest absolute Gasteiger partial charge is 0.256 e. The highest BCUT2D eigenvalue weighted by Crippen LogP contribution is 2.19. The van der Waals surface area contributed by atoms with Crippen molar-refractivity contribution in [2.75, 3.05) is 37.7 Å². The third-order valence-electron chi connectivity index (χ3n) is 3.97. The van der Waals surface area contributed by atoms with Gasteiger partial charge in [-0.05, 0) is 19.1 Å². The monoisotopic (exact) mass is 348 g/mol. The first-order valence-corrected chi connectivity index (χ1v) is 8.02. The standard InChI is InChI=1S/C17H18F2N4O2/c1-2-25-16-10-15(20-11-21-16)22-5-7-23(8-6-22)17(24)13-4-3-12(18)9-14(13)19/h3-4,9-11H,2,5-8H2,1H3. The minimum atomic E-state index is -0.843. The van der Waals surface area contributed by atoms with E-state index in [2.05, 4.69) is 9.97 Å². The molecule has 0 bridgehead atoms. The molecule has 1 aliphatic heterocycles. The number of amides is 1. The van der Waals surface area contributed by atoms with Crippen LogP contribution in [0.25, 0.3) is 0 Å². The molecule has 1 amide bonds. The average Bonchev–Trinajstić information content (AvgIpc) is 2.62. The van der Waals surface area contributed by atoms with Crippen LogP contribution < -0.4 is 9.64 Å². The van der Waals surface area contributed by atoms with E-state index in [4.69, 9.17) is 4.74 Å². The van der Waals surface area contributed by atoms with Gasteiger partial charge in [-0.1, -0.05) is 0 Å². The van der Waals surface area contributed by atoms with E-state index in [1.807, 2.05) is 11.8 Å². The zero-order chi connectivity index (χ0) is 17.8. The van der Waals surface area contributed by atoms with Gasteiger partial charge in [-0.3, -0.25) is 4.79 Å². The summed E-state index contributed by atoms with van der Waals surface area (Å²) < 4.78 is 32.1. The van der Waals surface area contributed by atoms with Crippen molar-refractivity contribution >= 4 is 11.7 Å². The number of carbonyl (C=O) groups excluding carboxylic acids is 1. The molecule has 0 unspecified atom stereocenters. The summed E-state index contributed by atoms with van der Waals surface area (Å²) in [4.78, 5) is 24.2. The second-order valence-corrected chi connectivity index (χ2v) is 5.55. The lowest BCUT2D eigenvalue weighted by Crippen LogP contribution is -2.49. The number of aromatic nitrogens is 2. The molecule has 1 aliphatic rings. The molecule has 1 saturated heterocycles. The van der Waals surface area contributed by atoms with Gasteiger partial charge in [0.2, 0.25) is 5.88 Å². The highest BCUT2D eigenvalue weighted by Gasteiger charge is 2.25. The molecule has 25 heavy (non-hydrogen) atoms. The Bertz CT molecular complexity index is 764. The Labute approximate surface area is 144 Å². The molecule has 1 aromatic heterocycles. The molecule has 0 spiro atoms. The van der Waals surface area contributed by atoms with Crippen molar-refractivity contribution in [1.29, 1.82) is 0 Å². The molecule has 8 heteroatoms. The number of benzene rings is 1. The summed E-state index contributed by atoms with van der Waals surface area (Å²) in [6, 6.07) is 4.74. The Morgan fingerprint density at radius 2 is 1.92 bits per heavy atom. The van der Waals surface area contributed by atoms with Crippen LogP contribution in [0.4, 0.5) is 14.6 Å². The van der Waals surface area contributed by atoms with Crippen LogP contribution in [0.2, 0.25) is 0 Å². The molecule has 2 heterocycles. The van der Waals surface area contributed by atoms with Gasteiger partial charge in [0.25, 0.3) is 5.91 Å². The Morgan fingerprint density at radius 3 is 2.60 bits per heavy atom. The number of carbonyl (C=O) groups is 1. The van der Waals surface area contributed by atoms with E-state index in [0.717, 1.165) is 18.0 Å². The van der Waals surface area contributed by atoms with Crippen molar-refractivity contribution in [2.24, 2.45) is 0 Å². The van der Waals surface area contributed by atoms with Gasteiger partial charge in [-0.15, -0.1) is 0 Å². The largest absolute Gasteiger partial charge is 0.478 e. The summed E-state index contributed by atoms with van der Waals surface area (Å²) in [7, 11) is 0. The van der Waals surface area contributed by atoms with Gasteiger partial charge in [0.05, 0.1) is 12.2 Å². The molecule has 3 rings (SSSR count). The van der Waals surface area contributed by atoms with Crippen LogP contribution in [0.1, 0.15) is 17.3 Å². The topological polar surface area (TPSA) is 58.6 Å². The van der Waals surface area contributed by atoms with Crippen molar-refractivity contribution in [2.45, 2.75) is 6.92 Å². The molecule has 0 radical (unpaired) electrons. The third-order valence-corrected chi connectivity index (χ3v) is 3.97. The quantitative estimate of drug-likeness (QED) is 0.847. The first kappa shape index (κ1) is 17.1. The second kappa shape index (κ2) is 7.42. The number of anilines is 1. The summed E-state index contributed by atoms with van der Waals surface area (Å²) in [6.07, 6.45) is 1.44. The van der Waals surface area contributed by atoms with Crippen LogP contribution in [-0.4, -0.2) is 53.6 Å². The third kappa shape index (κ3) is 3.84. The number of rotatable bonds is 4. The predicted molar refractivity (Wildman–Crippen MR) is 87.7 cm³/mol. The fourth-order valence-corrected chi connectivity index (χ4v) is 2.70. The number of halogens is 2. The van der Waals surface area contributed by atoms with Crippen molar-refractivity contribution in [1.82, 2.24) is 14.9 Å². The lowest BCUT2D eigenvalue weighted by atomic mass is 10.1. The van der Waals surface area contributed by atoms with Crippen molar-refractivity contribution in [3.05, 3.63) is 47.8 Å². The van der Waals surface area contributed by atoms with Gasteiger partial charge in [-0.25, -0.2) is 18.7 Å². The van der Waals surface area contributed by atoms with Crippen LogP contribution in [0, 0.1) is 11.6 Å². The lowest BCUT2D eigenvalue weighted by molar-refractivity contribution is 0.0741. The molecular formula is C17H18F2N4O2. The summed E-state index contributed by atoms with van der Waals surface area (Å²) in [5.74, 6) is -0.759. The summed E-state index contributed by atoms with van der Waals surface area (Å²) in [6.45, 7) is 4.34. The van der Waals surface area contributed by atoms with Gasteiger partial charge >= 0.3 is 0 Å². The van der Waals surface area contributed by atoms with E-state index >= 15 is 0 Å². The molecule has 2 aromatic rings. The van der Waals surface area contributed by atoms with Gasteiger partial charge in [0.1, 0.15) is 23.8 Å². The van der Waals surface area contributed by atoms with E-state index in [9.17, 15) is 13.6 Å². The summed E-state index contributed by atoms with van der Waals surface area (Å²) in [5.41, 5.74) is -0.115. The Kier molecular flexibility index (Phi) is 5.06. The van der Waals surface area contributed by atoms with Crippen LogP contribution in [0.5, 0.6) is 5.88 Å². The predicted octanol–water partition coefficient (Wildman–Crippen LogP) is 2.12. The average molecular weight is 348 g/mol. The second-order valence-electron chi connectivity index (χ2n) is 5.55. The fourth-order valence-electron chi connectivity index (χ4n) is 2.70. The van der Waals surface area contributed by atoms with Crippen molar-refractivity contribution in [3.63, 3.8) is 0 Å². The molecule has 0 atom stereocenters. The van der Waals surface area contributed by atoms with Crippen LogP contribution in [0.15, 0.2) is 30.6 Å². The van der Waals surface area contributed by atoms with E-state index in [-0.39, 0.29) is 5.56 Å². The molecular weight excluding hydrogens is 330 g/mol. The summed E-state index contributed by atoms with van der Waals surface area (Å²) in [5, 5.41) is 0. The number of hydrogen-bond donors (Lipinski definition) is 0. The van der Waals surface area contributed by atoms with E-state index < -0.39 is 17.5 Å². The Balaban J connectivity index is 1.65. The highest BCUT2D eigenvalue weighted by atomic mass is 19.1. The van der Waals surface area contributed by atoms with Crippen LogP contribution in [0.3, 0.4) is 0 Å². The molecule has 0 N–H and O–H groups in total. The van der Waals surface area contributed by atoms with Crippen LogP contribution >= 0.6 is 0 Å². The molecule has 1 fully saturated rings. The van der Waals surface area contributed by atoms with Crippen LogP contribution in [-0.2, 0) is 0 Å². The fraction of sp³-hybridized carbons (Fsp3) is 0.353. The molecule has 6 nitrogen and oxygen atoms in total. The van der Waals surface area contributed by atoms with Gasteiger partial charge in [0.15, 0.2) is 0 Å². The van der Waals surface area contributed by atoms with Gasteiger partial charge < -0.3 is 14.5 Å². The molecule has 0 aliphatic carbocycles. The zero-order valence-corrected chi connectivity index (χ0v) is 13.8. The highest BCUT2D eigenvalue weighted by molar-refractivity contribution is 5.94. The van der Waals surface area contributed by atoms with E-state index in [1.165, 1.54) is 12.4 Å². The number of hydrogen-bond acceptors (Lipinski definition) is 5. The van der Waals surface area contributed by atoms with E-state index in [1.54, 1.807) is 11.0 Å². The minimum Gasteiger partial charge on any atom is -0.478 e. The normalized spacial score (nSPS) is 14.5. The van der Waals surface area contributed by atoms with Gasteiger partial charge in [0, 0.05) is 38.3 Å². The van der Waals surface area contributed by atoms with Gasteiger partial charge in [-0.2, -0.15) is 0 Å². The Hall–Kier alpha value is -2.77. The number of ether oxygens (including phenoxy) is 1. The summed E-state index contributed by atoms with van der Waals surface area (Å²) >= 11 is 0. The molecule has 132 valence electrons.